The highest BCUT2D eigenvalue weighted by molar-refractivity contribution is 5.99. The summed E-state index contributed by atoms with van der Waals surface area (Å²) in [7, 11) is 1.71. The molecule has 102 valence electrons. The Hall–Kier alpha value is -2.09. The highest BCUT2D eigenvalue weighted by Gasteiger charge is 2.20. The fraction of sp³-hybridized carbons (Fsp3) is 0.500. The number of carbonyl (C=O) groups is 1. The van der Waals surface area contributed by atoms with Crippen molar-refractivity contribution in [2.24, 2.45) is 0 Å². The van der Waals surface area contributed by atoms with Gasteiger partial charge >= 0.3 is 0 Å². The number of aryl methyl sites for hydroxylation is 1. The van der Waals surface area contributed by atoms with Crippen molar-refractivity contribution in [2.45, 2.75) is 33.2 Å². The van der Waals surface area contributed by atoms with Crippen LogP contribution in [0.25, 0.3) is 0 Å². The Bertz CT molecular complexity index is 493. The summed E-state index contributed by atoms with van der Waals surface area (Å²) in [4.78, 5) is 18.2. The summed E-state index contributed by atoms with van der Waals surface area (Å²) < 4.78 is 0. The number of carbonyl (C=O) groups excluding carboxylic acids is 1. The van der Waals surface area contributed by atoms with Crippen molar-refractivity contribution in [1.82, 2.24) is 9.88 Å². The van der Waals surface area contributed by atoms with Crippen LogP contribution in [0.1, 0.15) is 36.3 Å². The van der Waals surface area contributed by atoms with E-state index < -0.39 is 0 Å². The lowest BCUT2D eigenvalue weighted by molar-refractivity contribution is 0.0747. The Kier molecular flexibility index (Phi) is 5.31. The highest BCUT2D eigenvalue weighted by Crippen LogP contribution is 2.18. The minimum absolute atomic E-state index is 0.117. The third-order valence-electron chi connectivity index (χ3n) is 3.01. The second-order valence-corrected chi connectivity index (χ2v) is 4.53. The van der Waals surface area contributed by atoms with Gasteiger partial charge in [0, 0.05) is 31.5 Å². The smallest absolute Gasteiger partial charge is 0.257 e. The van der Waals surface area contributed by atoms with E-state index in [-0.39, 0.29) is 11.9 Å². The normalized spacial score (nSPS) is 11.5. The van der Waals surface area contributed by atoms with E-state index in [9.17, 15) is 4.79 Å². The number of amides is 1. The molecule has 0 radical (unpaired) electrons. The Morgan fingerprint density at radius 3 is 2.89 bits per heavy atom. The van der Waals surface area contributed by atoms with Gasteiger partial charge in [-0.2, -0.15) is 5.26 Å². The summed E-state index contributed by atoms with van der Waals surface area (Å²) >= 11 is 0. The molecule has 0 aliphatic heterocycles. The largest absolute Gasteiger partial charge is 0.385 e. The fourth-order valence-electron chi connectivity index (χ4n) is 1.73. The van der Waals surface area contributed by atoms with Crippen molar-refractivity contribution in [3.05, 3.63) is 23.5 Å². The molecule has 1 N–H and O–H groups in total. The summed E-state index contributed by atoms with van der Waals surface area (Å²) in [6, 6.07) is 3.82. The molecule has 0 aliphatic rings. The Labute approximate surface area is 114 Å². The maximum absolute atomic E-state index is 12.4. The first kappa shape index (κ1) is 15.0. The predicted molar refractivity (Wildman–Crippen MR) is 74.9 cm³/mol. The monoisotopic (exact) mass is 260 g/mol. The maximum atomic E-state index is 12.4. The molecular formula is C14H20N4O. The van der Waals surface area contributed by atoms with Gasteiger partial charge in [-0.05, 0) is 26.8 Å². The third-order valence-corrected chi connectivity index (χ3v) is 3.01. The number of nitrogens with zero attached hydrogens (tertiary/aromatic N) is 3. The van der Waals surface area contributed by atoms with E-state index in [1.165, 1.54) is 0 Å². The molecule has 1 atom stereocenters. The SMILES string of the molecule is CCNc1cc(C)ncc1C(=O)N(C)C(C)CC#N. The predicted octanol–water partition coefficient (Wildman–Crippen LogP) is 2.20. The van der Waals surface area contributed by atoms with Crippen molar-refractivity contribution in [3.63, 3.8) is 0 Å². The van der Waals surface area contributed by atoms with Crippen LogP contribution in [0.4, 0.5) is 5.69 Å². The van der Waals surface area contributed by atoms with Gasteiger partial charge in [-0.1, -0.05) is 0 Å². The van der Waals surface area contributed by atoms with Gasteiger partial charge in [0.1, 0.15) is 0 Å². The van der Waals surface area contributed by atoms with Crippen molar-refractivity contribution >= 4 is 11.6 Å². The molecule has 5 heteroatoms. The van der Waals surface area contributed by atoms with Crippen molar-refractivity contribution in [2.75, 3.05) is 18.9 Å². The van der Waals surface area contributed by atoms with Gasteiger partial charge in [0.2, 0.25) is 0 Å². The zero-order chi connectivity index (χ0) is 14.4. The number of anilines is 1. The van der Waals surface area contributed by atoms with Crippen molar-refractivity contribution in [3.8, 4) is 6.07 Å². The molecule has 1 amide bonds. The van der Waals surface area contributed by atoms with Gasteiger partial charge in [0.05, 0.1) is 23.7 Å². The van der Waals surface area contributed by atoms with E-state index in [2.05, 4.69) is 16.4 Å². The molecule has 1 rings (SSSR count). The van der Waals surface area contributed by atoms with Gasteiger partial charge < -0.3 is 10.2 Å². The lowest BCUT2D eigenvalue weighted by atomic mass is 10.1. The van der Waals surface area contributed by atoms with E-state index in [4.69, 9.17) is 5.26 Å². The molecule has 1 aromatic rings. The number of hydrogen-bond donors (Lipinski definition) is 1. The third kappa shape index (κ3) is 3.68. The first-order valence-electron chi connectivity index (χ1n) is 6.35. The standard InChI is InChI=1S/C14H20N4O/c1-5-16-13-8-10(2)17-9-12(13)14(19)18(4)11(3)6-7-15/h8-9,11H,5-6H2,1-4H3,(H,16,17). The molecule has 0 spiro atoms. The first-order valence-corrected chi connectivity index (χ1v) is 6.35. The zero-order valence-corrected chi connectivity index (χ0v) is 11.9. The quantitative estimate of drug-likeness (QED) is 0.881. The second-order valence-electron chi connectivity index (χ2n) is 4.53. The summed E-state index contributed by atoms with van der Waals surface area (Å²) in [6.07, 6.45) is 1.91. The average Bonchev–Trinajstić information content (AvgIpc) is 2.38. The molecular weight excluding hydrogens is 240 g/mol. The molecule has 1 heterocycles. The summed E-state index contributed by atoms with van der Waals surface area (Å²) in [6.45, 7) is 6.46. The molecule has 1 aromatic heterocycles. The number of aromatic nitrogens is 1. The van der Waals surface area contributed by atoms with E-state index in [1.54, 1.807) is 18.1 Å². The number of nitrogens with one attached hydrogen (secondary N) is 1. The van der Waals surface area contributed by atoms with Crippen LogP contribution in [-0.2, 0) is 0 Å². The van der Waals surface area contributed by atoms with Crippen molar-refractivity contribution < 1.29 is 4.79 Å². The van der Waals surface area contributed by atoms with Crippen LogP contribution in [0.2, 0.25) is 0 Å². The molecule has 0 aromatic carbocycles. The summed E-state index contributed by atoms with van der Waals surface area (Å²) in [5, 5.41) is 11.9. The number of pyridine rings is 1. The van der Waals surface area contributed by atoms with Gasteiger partial charge in [-0.3, -0.25) is 9.78 Å². The van der Waals surface area contributed by atoms with E-state index >= 15 is 0 Å². The summed E-state index contributed by atoms with van der Waals surface area (Å²) in [5.74, 6) is -0.119. The van der Waals surface area contributed by atoms with E-state index in [0.29, 0.717) is 12.0 Å². The molecule has 0 aliphatic carbocycles. The molecule has 0 saturated carbocycles. The lowest BCUT2D eigenvalue weighted by Crippen LogP contribution is -2.35. The molecule has 19 heavy (non-hydrogen) atoms. The lowest BCUT2D eigenvalue weighted by Gasteiger charge is -2.24. The topological polar surface area (TPSA) is 69.0 Å². The molecule has 0 fully saturated rings. The first-order chi connectivity index (χ1) is 9.01. The fourth-order valence-corrected chi connectivity index (χ4v) is 1.73. The van der Waals surface area contributed by atoms with Crippen LogP contribution in [0.5, 0.6) is 0 Å². The summed E-state index contributed by atoms with van der Waals surface area (Å²) in [5.41, 5.74) is 2.19. The highest BCUT2D eigenvalue weighted by atomic mass is 16.2. The van der Waals surface area contributed by atoms with Crippen LogP contribution in [-0.4, -0.2) is 35.4 Å². The van der Waals surface area contributed by atoms with Crippen LogP contribution in [0.3, 0.4) is 0 Å². The van der Waals surface area contributed by atoms with Gasteiger partial charge in [-0.15, -0.1) is 0 Å². The average molecular weight is 260 g/mol. The number of rotatable bonds is 5. The molecule has 0 bridgehead atoms. The van der Waals surface area contributed by atoms with Crippen molar-refractivity contribution in [1.29, 1.82) is 5.26 Å². The van der Waals surface area contributed by atoms with Crippen LogP contribution in [0.15, 0.2) is 12.3 Å². The number of hydrogen-bond acceptors (Lipinski definition) is 4. The van der Waals surface area contributed by atoms with E-state index in [0.717, 1.165) is 17.9 Å². The maximum Gasteiger partial charge on any atom is 0.257 e. The van der Waals surface area contributed by atoms with E-state index in [1.807, 2.05) is 26.8 Å². The van der Waals surface area contributed by atoms with Gasteiger partial charge in [-0.25, -0.2) is 0 Å². The minimum atomic E-state index is -0.119. The van der Waals surface area contributed by atoms with Gasteiger partial charge in [0.15, 0.2) is 0 Å². The van der Waals surface area contributed by atoms with Gasteiger partial charge in [0.25, 0.3) is 5.91 Å². The Morgan fingerprint density at radius 2 is 2.32 bits per heavy atom. The van der Waals surface area contributed by atoms with Crippen LogP contribution >= 0.6 is 0 Å². The molecule has 1 unspecified atom stereocenters. The zero-order valence-electron chi connectivity index (χ0n) is 11.9. The van der Waals surface area contributed by atoms with Crippen LogP contribution in [0, 0.1) is 18.3 Å². The second kappa shape index (κ2) is 6.74. The minimum Gasteiger partial charge on any atom is -0.385 e. The Balaban J connectivity index is 3.02. The molecule has 5 nitrogen and oxygen atoms in total. The Morgan fingerprint density at radius 1 is 1.63 bits per heavy atom. The molecule has 0 saturated heterocycles. The van der Waals surface area contributed by atoms with Crippen LogP contribution < -0.4 is 5.32 Å². The number of nitriles is 1.